The largest absolute Gasteiger partial charge is 0.497 e. The summed E-state index contributed by atoms with van der Waals surface area (Å²) in [5.74, 6) is -9.76. The van der Waals surface area contributed by atoms with Crippen molar-refractivity contribution in [3.63, 3.8) is 0 Å². The third-order valence-corrected chi connectivity index (χ3v) is 18.5. The van der Waals surface area contributed by atoms with Gasteiger partial charge in [-0.25, -0.2) is 4.79 Å². The number of unbranched alkanes of at least 4 members (excludes halogenated alkanes) is 4. The lowest BCUT2D eigenvalue weighted by Gasteiger charge is -2.36. The lowest BCUT2D eigenvalue weighted by Crippen LogP contribution is -2.61. The van der Waals surface area contributed by atoms with Crippen molar-refractivity contribution in [1.29, 1.82) is 0 Å². The number of Topliss-reactive ketones (excluding diaryl/α,β-unsaturated/α-hetero) is 1. The SMILES string of the molecule is CC[C@H](C)[C@H]1NC(=O)[C@@H](NC(=O)[C@@H](CC(C)C)N(C)C(=O)CCCCCNC(=O)CCCCCNC(=O)c2ccc(C(=O)c3ccccc3)cc2)[C@@H](C)OC(=O)[C@H](Cc2ccc(OC)cc2)N(C)C(=O)[C@@H]2CCCN2C(=O)[C@H](CC(C)C)NC(=O)[C@@H](C)C(=O)[C@H](C(C)C)OC(=O)C[C@@H]1O. The van der Waals surface area contributed by atoms with E-state index in [1.807, 2.05) is 33.8 Å². The van der Waals surface area contributed by atoms with E-state index < -0.39 is 126 Å². The third-order valence-electron chi connectivity index (χ3n) is 18.5. The Morgan fingerprint density at radius 2 is 1.34 bits per heavy atom. The van der Waals surface area contributed by atoms with Gasteiger partial charge in [0.15, 0.2) is 17.7 Å². The number of aliphatic hydroxyl groups excluding tert-OH is 1. The zero-order chi connectivity index (χ0) is 73.2. The van der Waals surface area contributed by atoms with Crippen LogP contribution >= 0.6 is 0 Å². The monoisotopic (exact) mass is 1380 g/mol. The van der Waals surface area contributed by atoms with Crippen molar-refractivity contribution in [1.82, 2.24) is 41.3 Å². The van der Waals surface area contributed by atoms with Crippen molar-refractivity contribution < 1.29 is 76.9 Å². The highest BCUT2D eigenvalue weighted by Gasteiger charge is 2.45. The number of benzene rings is 3. The third kappa shape index (κ3) is 24.4. The molecule has 0 radical (unpaired) electrons. The topological polar surface area (TPSA) is 323 Å². The smallest absolute Gasteiger partial charge is 0.329 e. The molecule has 0 spiro atoms. The molecule has 3 aromatic rings. The predicted molar refractivity (Wildman–Crippen MR) is 372 cm³/mol. The van der Waals surface area contributed by atoms with Crippen LogP contribution < -0.4 is 31.3 Å². The van der Waals surface area contributed by atoms with E-state index in [0.717, 1.165) is 0 Å². The zero-order valence-corrected chi connectivity index (χ0v) is 60.2. The molecule has 0 unspecified atom stereocenters. The number of hydrogen-bond acceptors (Lipinski definition) is 16. The fourth-order valence-corrected chi connectivity index (χ4v) is 12.3. The number of cyclic esters (lactones) is 2. The van der Waals surface area contributed by atoms with Crippen LogP contribution in [0.1, 0.15) is 191 Å². The first-order valence-electron chi connectivity index (χ1n) is 35.2. The number of rotatable bonds is 28. The second kappa shape index (κ2) is 39.9. The number of aliphatic hydroxyl groups is 1. The lowest BCUT2D eigenvalue weighted by atomic mass is 9.91. The minimum absolute atomic E-state index is 0.0458. The summed E-state index contributed by atoms with van der Waals surface area (Å²) in [5.41, 5.74) is 2.06. The molecule has 0 bridgehead atoms. The second-order valence-electron chi connectivity index (χ2n) is 27.6. The molecule has 2 saturated heterocycles. The quantitative estimate of drug-likeness (QED) is 0.0187. The number of hydrogen-bond donors (Lipinski definition) is 6. The van der Waals surface area contributed by atoms with Gasteiger partial charge in [-0.15, -0.1) is 0 Å². The first-order chi connectivity index (χ1) is 47.0. The van der Waals surface area contributed by atoms with Crippen LogP contribution in [0.25, 0.3) is 0 Å². The molecule has 2 aliphatic heterocycles. The molecule has 24 nitrogen and oxygen atoms in total. The van der Waals surface area contributed by atoms with Crippen molar-refractivity contribution in [3.05, 3.63) is 101 Å². The number of ether oxygens (including phenoxy) is 3. The normalized spacial score (nSPS) is 22.4. The van der Waals surface area contributed by atoms with E-state index in [2.05, 4.69) is 26.6 Å². The average Bonchev–Trinajstić information content (AvgIpc) is 1.20. The van der Waals surface area contributed by atoms with Gasteiger partial charge in [0.1, 0.15) is 42.1 Å². The van der Waals surface area contributed by atoms with Crippen LogP contribution in [0.4, 0.5) is 0 Å². The fraction of sp³-hybridized carbons (Fsp3) is 0.600. The summed E-state index contributed by atoms with van der Waals surface area (Å²) in [6.07, 6.45) is -0.355. The predicted octanol–water partition coefficient (Wildman–Crippen LogP) is 6.84. The Kier molecular flexibility index (Phi) is 32.7. The zero-order valence-electron chi connectivity index (χ0n) is 60.2. The number of esters is 2. The Balaban J connectivity index is 1.31. The Labute approximate surface area is 583 Å². The van der Waals surface area contributed by atoms with Crippen LogP contribution in [0.5, 0.6) is 5.75 Å². The molecule has 99 heavy (non-hydrogen) atoms. The maximum atomic E-state index is 15.1. The molecular weight excluding hydrogens is 1270 g/mol. The summed E-state index contributed by atoms with van der Waals surface area (Å²) >= 11 is 0. The summed E-state index contributed by atoms with van der Waals surface area (Å²) in [6, 6.07) is 14.4. The van der Waals surface area contributed by atoms with Crippen molar-refractivity contribution in [2.75, 3.05) is 40.8 Å². The molecule has 11 atom stereocenters. The van der Waals surface area contributed by atoms with Gasteiger partial charge in [-0.05, 0) is 119 Å². The van der Waals surface area contributed by atoms with Gasteiger partial charge in [0.05, 0.1) is 31.6 Å². The van der Waals surface area contributed by atoms with Gasteiger partial charge in [0.2, 0.25) is 41.4 Å². The van der Waals surface area contributed by atoms with Crippen molar-refractivity contribution in [3.8, 4) is 5.75 Å². The molecule has 2 fully saturated rings. The van der Waals surface area contributed by atoms with Crippen molar-refractivity contribution in [2.24, 2.45) is 29.6 Å². The number of carbonyl (C=O) groups is 12. The van der Waals surface area contributed by atoms with E-state index in [9.17, 15) is 53.1 Å². The van der Waals surface area contributed by atoms with Crippen molar-refractivity contribution >= 4 is 70.8 Å². The van der Waals surface area contributed by atoms with Gasteiger partial charge >= 0.3 is 11.9 Å². The van der Waals surface area contributed by atoms with Crippen molar-refractivity contribution in [2.45, 2.75) is 220 Å². The average molecular weight is 1380 g/mol. The highest BCUT2D eigenvalue weighted by Crippen LogP contribution is 2.27. The molecule has 2 heterocycles. The lowest BCUT2D eigenvalue weighted by molar-refractivity contribution is -0.163. The molecule has 0 saturated carbocycles. The Hall–Kier alpha value is -8.54. The molecule has 6 N–H and O–H groups in total. The maximum absolute atomic E-state index is 15.1. The number of nitrogens with zero attached hydrogens (tertiary/aromatic N) is 3. The highest BCUT2D eigenvalue weighted by atomic mass is 16.6. The van der Waals surface area contributed by atoms with Gasteiger partial charge in [-0.2, -0.15) is 0 Å². The second-order valence-corrected chi connectivity index (χ2v) is 27.6. The summed E-state index contributed by atoms with van der Waals surface area (Å²) in [7, 11) is 4.39. The molecule has 544 valence electrons. The summed E-state index contributed by atoms with van der Waals surface area (Å²) in [5, 5.41) is 26.1. The minimum atomic E-state index is -1.73. The number of amides is 8. The fourth-order valence-electron chi connectivity index (χ4n) is 12.3. The number of fused-ring (bicyclic) bond motifs is 1. The Bertz CT molecular complexity index is 3210. The molecule has 3 aromatic carbocycles. The molecule has 0 aliphatic carbocycles. The van der Waals surface area contributed by atoms with E-state index >= 15 is 9.59 Å². The van der Waals surface area contributed by atoms with Gasteiger partial charge in [0, 0.05) is 69.7 Å². The van der Waals surface area contributed by atoms with E-state index in [4.69, 9.17) is 14.2 Å². The van der Waals surface area contributed by atoms with E-state index in [0.29, 0.717) is 98.9 Å². The van der Waals surface area contributed by atoms with E-state index in [1.54, 1.807) is 100 Å². The van der Waals surface area contributed by atoms with Crippen LogP contribution in [0.15, 0.2) is 78.9 Å². The van der Waals surface area contributed by atoms with Gasteiger partial charge in [-0.3, -0.25) is 52.7 Å². The highest BCUT2D eigenvalue weighted by molar-refractivity contribution is 6.09. The van der Waals surface area contributed by atoms with Gasteiger partial charge in [0.25, 0.3) is 5.91 Å². The number of likely N-dealkylation sites (N-methyl/N-ethyl adjacent to an activating group) is 2. The van der Waals surface area contributed by atoms with Crippen LogP contribution in [0.3, 0.4) is 0 Å². The van der Waals surface area contributed by atoms with Crippen LogP contribution in [0.2, 0.25) is 0 Å². The van der Waals surface area contributed by atoms with E-state index in [-0.39, 0.29) is 74.0 Å². The van der Waals surface area contributed by atoms with E-state index in [1.165, 1.54) is 49.8 Å². The van der Waals surface area contributed by atoms with Crippen LogP contribution in [0, 0.1) is 29.6 Å². The first-order valence-corrected chi connectivity index (χ1v) is 35.2. The van der Waals surface area contributed by atoms with Gasteiger partial charge < -0.3 is 60.6 Å². The molecule has 24 heteroatoms. The molecule has 0 aromatic heterocycles. The van der Waals surface area contributed by atoms with Crippen LogP contribution in [-0.4, -0.2) is 186 Å². The molecule has 5 rings (SSSR count). The van der Waals surface area contributed by atoms with Crippen LogP contribution in [-0.2, 0) is 63.8 Å². The summed E-state index contributed by atoms with van der Waals surface area (Å²) in [6.45, 7) is 17.8. The Morgan fingerprint density at radius 1 is 0.727 bits per heavy atom. The molecular formula is C75H108N8O16. The number of nitrogens with one attached hydrogen (secondary N) is 5. The first kappa shape index (κ1) is 81.1. The number of carbonyl (C=O) groups excluding carboxylic acids is 12. The molecule has 8 amide bonds. The maximum Gasteiger partial charge on any atom is 0.329 e. The van der Waals surface area contributed by atoms with Gasteiger partial charge in [-0.1, -0.05) is 129 Å². The summed E-state index contributed by atoms with van der Waals surface area (Å²) in [4.78, 5) is 173. The molecule has 2 aliphatic rings. The number of methoxy groups -OCH3 is 1. The number of ketones is 2. The summed E-state index contributed by atoms with van der Waals surface area (Å²) < 4.78 is 17.3. The standard InChI is InChI=1S/C75H108N8O16/c1-14-48(8)64-60(84)44-63(87)99-68(47(6)7)66(88)49(9)69(90)78-56(41-45(2)3)73(94)83-40-24-27-57(83)74(95)82(12)59(43-51-30-36-55(97-13)37-31-51)75(96)98-50(10)65(72(93)79-64)80-71(92)58(42-46(4)5)81(11)62(86)29-21-17-22-38-76-61(85)28-20-16-23-39-77-70(91)54-34-32-53(33-35-54)67(89)52-25-18-15-19-26-52/h15,18-19,25-26,30-37,45-50,56-60,64-65,68,84H,14,16-17,20-24,27-29,38-44H2,1-13H3,(H,76,85)(H,77,91)(H,78,90)(H,79,93)(H,80,92)/t48-,49-,50+,56-,57-,58+,59-,60-,64+,65-,68-/m0/s1. The minimum Gasteiger partial charge on any atom is -0.497 e. The Morgan fingerprint density at radius 3 is 1.95 bits per heavy atom.